The Hall–Kier alpha value is -3.45. The molecule has 0 saturated carbocycles. The summed E-state index contributed by atoms with van der Waals surface area (Å²) in [6.07, 6.45) is 0.111. The van der Waals surface area contributed by atoms with Crippen LogP contribution in [0.15, 0.2) is 39.2 Å². The molecule has 0 spiro atoms. The third-order valence-electron chi connectivity index (χ3n) is 4.74. The molecule has 11 nitrogen and oxygen atoms in total. The van der Waals surface area contributed by atoms with Gasteiger partial charge in [0.1, 0.15) is 11.5 Å². The molecule has 172 valence electrons. The van der Waals surface area contributed by atoms with Gasteiger partial charge in [0.25, 0.3) is 0 Å². The Morgan fingerprint density at radius 1 is 1.27 bits per heavy atom. The predicted molar refractivity (Wildman–Crippen MR) is 123 cm³/mol. The first-order valence-corrected chi connectivity index (χ1v) is 11.7. The Morgan fingerprint density at radius 2 is 2.06 bits per heavy atom. The summed E-state index contributed by atoms with van der Waals surface area (Å²) in [4.78, 5) is 38.7. The van der Waals surface area contributed by atoms with Crippen LogP contribution in [-0.4, -0.2) is 52.5 Å². The molecule has 1 atom stereocenters. The average molecular weight is 489 g/mol. The number of methoxy groups -OCH3 is 1. The minimum atomic E-state index is -0.503. The van der Waals surface area contributed by atoms with Crippen LogP contribution >= 0.6 is 23.1 Å². The van der Waals surface area contributed by atoms with Crippen LogP contribution in [0.25, 0.3) is 0 Å². The molecule has 1 aliphatic heterocycles. The maximum Gasteiger partial charge on any atom is 0.236 e. The monoisotopic (exact) mass is 488 g/mol. The Bertz CT molecular complexity index is 1160. The van der Waals surface area contributed by atoms with Gasteiger partial charge in [-0.15, -0.1) is 10.2 Å². The van der Waals surface area contributed by atoms with Crippen LogP contribution in [0, 0.1) is 12.8 Å². The van der Waals surface area contributed by atoms with Gasteiger partial charge in [0.05, 0.1) is 18.8 Å². The van der Waals surface area contributed by atoms with Crippen LogP contribution in [-0.2, 0) is 14.4 Å². The minimum absolute atomic E-state index is 0.0996. The van der Waals surface area contributed by atoms with Crippen molar-refractivity contribution in [3.8, 4) is 5.75 Å². The molecule has 3 amide bonds. The number of nitrogens with zero attached hydrogens (tertiary/aromatic N) is 4. The van der Waals surface area contributed by atoms with E-state index in [1.165, 1.54) is 11.8 Å². The largest absolute Gasteiger partial charge is 0.497 e. The second-order valence-corrected chi connectivity index (χ2v) is 9.33. The Morgan fingerprint density at radius 3 is 2.76 bits per heavy atom. The SMILES string of the molecule is COc1ccc(N2C[C@@H](C(=O)Nc3nnc(SCC(=O)Nc4cc(C)on4)s3)CC2=O)cc1. The molecule has 1 aromatic carbocycles. The molecule has 0 bridgehead atoms. The van der Waals surface area contributed by atoms with Crippen LogP contribution in [0.1, 0.15) is 12.2 Å². The summed E-state index contributed by atoms with van der Waals surface area (Å²) in [6, 6.07) is 8.72. The number of nitrogens with one attached hydrogen (secondary N) is 2. The van der Waals surface area contributed by atoms with Crippen LogP contribution in [0.4, 0.5) is 16.6 Å². The number of anilines is 3. The summed E-state index contributed by atoms with van der Waals surface area (Å²) >= 11 is 2.34. The van der Waals surface area contributed by atoms with E-state index in [0.29, 0.717) is 32.5 Å². The highest BCUT2D eigenvalue weighted by atomic mass is 32.2. The number of carbonyl (C=O) groups excluding carboxylic acids is 3. The zero-order chi connectivity index (χ0) is 23.4. The summed E-state index contributed by atoms with van der Waals surface area (Å²) in [5.74, 6) is 0.538. The van der Waals surface area contributed by atoms with Crippen LogP contribution in [0.5, 0.6) is 5.75 Å². The van der Waals surface area contributed by atoms with Crippen molar-refractivity contribution >= 4 is 57.5 Å². The second-order valence-electron chi connectivity index (χ2n) is 7.13. The van der Waals surface area contributed by atoms with Crippen molar-refractivity contribution in [1.82, 2.24) is 15.4 Å². The highest BCUT2D eigenvalue weighted by Gasteiger charge is 2.35. The van der Waals surface area contributed by atoms with E-state index in [9.17, 15) is 14.4 Å². The lowest BCUT2D eigenvalue weighted by Gasteiger charge is -2.16. The number of carbonyl (C=O) groups is 3. The summed E-state index contributed by atoms with van der Waals surface area (Å²) in [5, 5.41) is 17.3. The molecule has 2 aromatic heterocycles. The molecule has 1 saturated heterocycles. The lowest BCUT2D eigenvalue weighted by atomic mass is 10.1. The van der Waals surface area contributed by atoms with Gasteiger partial charge in [0, 0.05) is 24.7 Å². The van der Waals surface area contributed by atoms with Crippen molar-refractivity contribution in [1.29, 1.82) is 0 Å². The minimum Gasteiger partial charge on any atom is -0.497 e. The fraction of sp³-hybridized carbons (Fsp3) is 0.300. The number of aromatic nitrogens is 3. The van der Waals surface area contributed by atoms with E-state index < -0.39 is 5.92 Å². The predicted octanol–water partition coefficient (Wildman–Crippen LogP) is 2.57. The summed E-state index contributed by atoms with van der Waals surface area (Å²) in [6.45, 7) is 2.01. The number of aryl methyl sites for hydroxylation is 1. The number of hydrogen-bond acceptors (Lipinski definition) is 10. The normalized spacial score (nSPS) is 15.5. The number of thioether (sulfide) groups is 1. The summed E-state index contributed by atoms with van der Waals surface area (Å²) < 4.78 is 10.6. The van der Waals surface area contributed by atoms with Crippen molar-refractivity contribution < 1.29 is 23.6 Å². The number of rotatable bonds is 8. The number of hydrogen-bond donors (Lipinski definition) is 2. The van der Waals surface area contributed by atoms with E-state index in [-0.39, 0.29) is 36.4 Å². The van der Waals surface area contributed by atoms with Gasteiger partial charge >= 0.3 is 0 Å². The fourth-order valence-corrected chi connectivity index (χ4v) is 4.71. The van der Waals surface area contributed by atoms with Crippen LogP contribution in [0.2, 0.25) is 0 Å². The molecule has 33 heavy (non-hydrogen) atoms. The van der Waals surface area contributed by atoms with E-state index in [1.54, 1.807) is 49.3 Å². The highest BCUT2D eigenvalue weighted by molar-refractivity contribution is 8.01. The van der Waals surface area contributed by atoms with Crippen molar-refractivity contribution in [3.05, 3.63) is 36.1 Å². The van der Waals surface area contributed by atoms with Crippen molar-refractivity contribution in [2.24, 2.45) is 5.92 Å². The van der Waals surface area contributed by atoms with E-state index in [1.807, 2.05) is 0 Å². The van der Waals surface area contributed by atoms with Crippen LogP contribution < -0.4 is 20.3 Å². The van der Waals surface area contributed by atoms with E-state index in [2.05, 4.69) is 26.0 Å². The molecule has 0 aliphatic carbocycles. The quantitative estimate of drug-likeness (QED) is 0.362. The van der Waals surface area contributed by atoms with Gasteiger partial charge in [-0.05, 0) is 31.2 Å². The van der Waals surface area contributed by atoms with E-state index in [0.717, 1.165) is 11.3 Å². The molecule has 1 aliphatic rings. The molecule has 3 aromatic rings. The van der Waals surface area contributed by atoms with Crippen LogP contribution in [0.3, 0.4) is 0 Å². The van der Waals surface area contributed by atoms with Gasteiger partial charge in [-0.1, -0.05) is 28.3 Å². The second kappa shape index (κ2) is 10.0. The van der Waals surface area contributed by atoms with E-state index >= 15 is 0 Å². The summed E-state index contributed by atoms with van der Waals surface area (Å²) in [7, 11) is 1.57. The maximum absolute atomic E-state index is 12.7. The van der Waals surface area contributed by atoms with Crippen molar-refractivity contribution in [2.45, 2.75) is 17.7 Å². The smallest absolute Gasteiger partial charge is 0.236 e. The Labute approximate surface area is 196 Å². The fourth-order valence-electron chi connectivity index (χ4n) is 3.15. The standard InChI is InChI=1S/C20H20N6O5S2/c1-11-7-15(25-31-11)21-16(27)10-32-20-24-23-19(33-20)22-18(29)12-8-17(28)26(9-12)13-3-5-14(30-2)6-4-13/h3-7,12H,8-10H2,1-2H3,(H,21,25,27)(H,22,23,29)/t12-/m0/s1. The Kier molecular flexibility index (Phi) is 6.89. The first-order valence-electron chi connectivity index (χ1n) is 9.86. The zero-order valence-corrected chi connectivity index (χ0v) is 19.4. The molecule has 13 heteroatoms. The van der Waals surface area contributed by atoms with Gasteiger partial charge in [-0.2, -0.15) is 0 Å². The zero-order valence-electron chi connectivity index (χ0n) is 17.7. The molecule has 3 heterocycles. The molecule has 2 N–H and O–H groups in total. The topological polar surface area (TPSA) is 140 Å². The Balaban J connectivity index is 1.27. The molecule has 1 fully saturated rings. The third kappa shape index (κ3) is 5.68. The van der Waals surface area contributed by atoms with E-state index in [4.69, 9.17) is 9.26 Å². The van der Waals surface area contributed by atoms with Gasteiger partial charge in [0.15, 0.2) is 10.2 Å². The molecule has 0 radical (unpaired) electrons. The summed E-state index contributed by atoms with van der Waals surface area (Å²) in [5.41, 5.74) is 0.713. The molecule has 4 rings (SSSR count). The molecular weight excluding hydrogens is 468 g/mol. The lowest BCUT2D eigenvalue weighted by molar-refractivity contribution is -0.122. The van der Waals surface area contributed by atoms with Gasteiger partial charge in [0.2, 0.25) is 22.9 Å². The number of amides is 3. The first-order chi connectivity index (χ1) is 15.9. The van der Waals surface area contributed by atoms with Crippen molar-refractivity contribution in [3.63, 3.8) is 0 Å². The number of benzene rings is 1. The van der Waals surface area contributed by atoms with Gasteiger partial charge in [-0.25, -0.2) is 0 Å². The maximum atomic E-state index is 12.7. The number of ether oxygens (including phenoxy) is 1. The molecule has 0 unspecified atom stereocenters. The third-order valence-corrected chi connectivity index (χ3v) is 6.71. The first kappa shape index (κ1) is 22.7. The molecular formula is C20H20N6O5S2. The lowest BCUT2D eigenvalue weighted by Crippen LogP contribution is -2.28. The van der Waals surface area contributed by atoms with Gasteiger partial charge in [-0.3, -0.25) is 14.4 Å². The average Bonchev–Trinajstić information content (AvgIpc) is 3.53. The van der Waals surface area contributed by atoms with Crippen molar-refractivity contribution in [2.75, 3.05) is 34.9 Å². The highest BCUT2D eigenvalue weighted by Crippen LogP contribution is 2.29. The van der Waals surface area contributed by atoms with Gasteiger partial charge < -0.3 is 24.8 Å².